The van der Waals surface area contributed by atoms with Crippen LogP contribution < -0.4 is 9.46 Å². The van der Waals surface area contributed by atoms with Crippen LogP contribution in [0.1, 0.15) is 5.56 Å². The van der Waals surface area contributed by atoms with Gasteiger partial charge in [0.05, 0.1) is 24.5 Å². The van der Waals surface area contributed by atoms with Gasteiger partial charge in [0.25, 0.3) is 10.0 Å². The zero-order valence-electron chi connectivity index (χ0n) is 13.1. The summed E-state index contributed by atoms with van der Waals surface area (Å²) in [5.41, 5.74) is 2.08. The number of aryl methyl sites for hydroxylation is 1. The second kappa shape index (κ2) is 6.41. The van der Waals surface area contributed by atoms with Gasteiger partial charge in [0.15, 0.2) is 0 Å². The van der Waals surface area contributed by atoms with Crippen LogP contribution in [0.4, 0.5) is 5.69 Å². The van der Waals surface area contributed by atoms with Crippen molar-refractivity contribution in [1.29, 1.82) is 0 Å². The molecule has 0 amide bonds. The summed E-state index contributed by atoms with van der Waals surface area (Å²) in [5.74, 6) is 0.289. The van der Waals surface area contributed by atoms with Crippen molar-refractivity contribution in [3.05, 3.63) is 58.7 Å². The third kappa shape index (κ3) is 3.22. The number of sulfonamides is 1. The Bertz CT molecular complexity index is 1020. The van der Waals surface area contributed by atoms with E-state index in [9.17, 15) is 8.42 Å². The first kappa shape index (κ1) is 16.7. The molecule has 0 unspecified atom stereocenters. The van der Waals surface area contributed by atoms with Crippen molar-refractivity contribution in [2.45, 2.75) is 11.8 Å². The lowest BCUT2D eigenvalue weighted by Crippen LogP contribution is -2.14. The van der Waals surface area contributed by atoms with E-state index in [1.54, 1.807) is 12.1 Å². The first-order chi connectivity index (χ1) is 11.4. The van der Waals surface area contributed by atoms with Gasteiger partial charge >= 0.3 is 0 Å². The van der Waals surface area contributed by atoms with E-state index in [0.717, 1.165) is 16.5 Å². The van der Waals surface area contributed by atoms with Crippen molar-refractivity contribution in [2.24, 2.45) is 0 Å². The lowest BCUT2D eigenvalue weighted by atomic mass is 10.2. The van der Waals surface area contributed by atoms with Crippen LogP contribution in [0.3, 0.4) is 0 Å². The van der Waals surface area contributed by atoms with Gasteiger partial charge in [-0.2, -0.15) is 0 Å². The van der Waals surface area contributed by atoms with Crippen LogP contribution in [0.5, 0.6) is 5.75 Å². The molecule has 1 aromatic heterocycles. The summed E-state index contributed by atoms with van der Waals surface area (Å²) < 4.78 is 34.0. The molecule has 0 radical (unpaired) electrons. The lowest BCUT2D eigenvalue weighted by molar-refractivity contribution is 0.402. The van der Waals surface area contributed by atoms with Gasteiger partial charge in [-0.1, -0.05) is 34.1 Å². The Balaban J connectivity index is 2.03. The van der Waals surface area contributed by atoms with E-state index in [4.69, 9.17) is 4.74 Å². The Labute approximate surface area is 148 Å². The van der Waals surface area contributed by atoms with Crippen LogP contribution in [0, 0.1) is 6.92 Å². The largest absolute Gasteiger partial charge is 0.495 e. The number of hydrogen-bond donors (Lipinski definition) is 1. The summed E-state index contributed by atoms with van der Waals surface area (Å²) in [7, 11) is -2.37. The molecule has 0 aliphatic heterocycles. The Hall–Kier alpha value is -2.12. The highest BCUT2D eigenvalue weighted by Gasteiger charge is 2.21. The number of nitrogens with one attached hydrogen (secondary N) is 1. The topological polar surface area (TPSA) is 68.3 Å². The molecule has 3 aromatic rings. The van der Waals surface area contributed by atoms with E-state index in [2.05, 4.69) is 25.6 Å². The number of hydrogen-bond acceptors (Lipinski definition) is 4. The van der Waals surface area contributed by atoms with Crippen LogP contribution in [0.15, 0.2) is 58.0 Å². The highest BCUT2D eigenvalue weighted by molar-refractivity contribution is 9.10. The Morgan fingerprint density at radius 2 is 1.92 bits per heavy atom. The molecule has 0 spiro atoms. The number of fused-ring (bicyclic) bond motifs is 1. The molecule has 3 rings (SSSR count). The number of pyridine rings is 1. The van der Waals surface area contributed by atoms with Crippen molar-refractivity contribution in [1.82, 2.24) is 4.98 Å². The average molecular weight is 407 g/mol. The Morgan fingerprint density at radius 3 is 2.67 bits per heavy atom. The fraction of sp³-hybridized carbons (Fsp3) is 0.118. The molecule has 0 atom stereocenters. The van der Waals surface area contributed by atoms with E-state index in [1.807, 2.05) is 31.2 Å². The van der Waals surface area contributed by atoms with Gasteiger partial charge in [-0.05, 0) is 36.8 Å². The van der Waals surface area contributed by atoms with Crippen molar-refractivity contribution < 1.29 is 13.2 Å². The highest BCUT2D eigenvalue weighted by atomic mass is 79.9. The maximum absolute atomic E-state index is 12.7. The molecule has 0 fully saturated rings. The number of aromatic nitrogens is 1. The van der Waals surface area contributed by atoms with Crippen molar-refractivity contribution in [3.63, 3.8) is 0 Å². The first-order valence-electron chi connectivity index (χ1n) is 7.12. The smallest absolute Gasteiger partial charge is 0.265 e. The summed E-state index contributed by atoms with van der Waals surface area (Å²) in [6.07, 6.45) is 1.50. The van der Waals surface area contributed by atoms with E-state index in [1.165, 1.54) is 19.4 Å². The van der Waals surface area contributed by atoms with Crippen LogP contribution >= 0.6 is 15.9 Å². The monoisotopic (exact) mass is 406 g/mol. The van der Waals surface area contributed by atoms with Crippen molar-refractivity contribution in [2.75, 3.05) is 11.8 Å². The molecule has 0 saturated heterocycles. The number of benzene rings is 2. The van der Waals surface area contributed by atoms with Crippen molar-refractivity contribution >= 4 is 42.5 Å². The maximum Gasteiger partial charge on any atom is 0.265 e. The second-order valence-corrected chi connectivity index (χ2v) is 7.78. The fourth-order valence-corrected chi connectivity index (χ4v) is 4.05. The van der Waals surface area contributed by atoms with Crippen LogP contribution in [0.25, 0.3) is 10.9 Å². The maximum atomic E-state index is 12.7. The van der Waals surface area contributed by atoms with E-state index >= 15 is 0 Å². The molecule has 7 heteroatoms. The fourth-order valence-electron chi connectivity index (χ4n) is 2.34. The predicted octanol–water partition coefficient (Wildman–Crippen LogP) is 4.12. The number of para-hydroxylation sites is 1. The summed E-state index contributed by atoms with van der Waals surface area (Å²) in [5, 5.41) is 0.856. The van der Waals surface area contributed by atoms with Gasteiger partial charge in [0.2, 0.25) is 0 Å². The molecule has 24 heavy (non-hydrogen) atoms. The zero-order valence-corrected chi connectivity index (χ0v) is 15.5. The van der Waals surface area contributed by atoms with Crippen LogP contribution in [-0.2, 0) is 10.0 Å². The van der Waals surface area contributed by atoms with Gasteiger partial charge < -0.3 is 4.74 Å². The van der Waals surface area contributed by atoms with Gasteiger partial charge in [-0.3, -0.25) is 9.71 Å². The quantitative estimate of drug-likeness (QED) is 0.707. The summed E-state index contributed by atoms with van der Waals surface area (Å²) in [6.45, 7) is 1.86. The minimum Gasteiger partial charge on any atom is -0.495 e. The molecule has 0 aliphatic carbocycles. The third-order valence-corrected chi connectivity index (χ3v) is 5.83. The molecule has 5 nitrogen and oxygen atoms in total. The standard InChI is InChI=1S/C17H15BrN2O3S/c1-11-7-16(23-2)17(9-14(11)18)24(21,22)20-13-8-12-5-3-4-6-15(12)19-10-13/h3-10,20H,1-2H3. The van der Waals surface area contributed by atoms with E-state index in [-0.39, 0.29) is 10.6 Å². The van der Waals surface area contributed by atoms with Gasteiger partial charge in [-0.25, -0.2) is 8.42 Å². The summed E-state index contributed by atoms with van der Waals surface area (Å²) >= 11 is 3.36. The third-order valence-electron chi connectivity index (χ3n) is 3.58. The molecular formula is C17H15BrN2O3S. The second-order valence-electron chi connectivity index (χ2n) is 5.27. The molecule has 0 saturated carbocycles. The number of methoxy groups -OCH3 is 1. The number of halogens is 1. The number of rotatable bonds is 4. The minimum atomic E-state index is -3.81. The average Bonchev–Trinajstić information content (AvgIpc) is 2.56. The molecule has 0 bridgehead atoms. The summed E-state index contributed by atoms with van der Waals surface area (Å²) in [4.78, 5) is 4.33. The van der Waals surface area contributed by atoms with E-state index in [0.29, 0.717) is 10.2 Å². The predicted molar refractivity (Wildman–Crippen MR) is 98.0 cm³/mol. The zero-order chi connectivity index (χ0) is 17.3. The van der Waals surface area contributed by atoms with Gasteiger partial charge in [-0.15, -0.1) is 0 Å². The van der Waals surface area contributed by atoms with Crippen LogP contribution in [0.2, 0.25) is 0 Å². The van der Waals surface area contributed by atoms with Crippen molar-refractivity contribution in [3.8, 4) is 5.75 Å². The first-order valence-corrected chi connectivity index (χ1v) is 9.40. The SMILES string of the molecule is COc1cc(C)c(Br)cc1S(=O)(=O)Nc1cnc2ccccc2c1. The lowest BCUT2D eigenvalue weighted by Gasteiger charge is -2.13. The summed E-state index contributed by atoms with van der Waals surface area (Å²) in [6, 6.07) is 12.5. The molecule has 124 valence electrons. The highest BCUT2D eigenvalue weighted by Crippen LogP contribution is 2.31. The number of ether oxygens (including phenoxy) is 1. The molecular weight excluding hydrogens is 392 g/mol. The number of anilines is 1. The normalized spacial score (nSPS) is 11.5. The molecule has 1 heterocycles. The molecule has 0 aliphatic rings. The Morgan fingerprint density at radius 1 is 1.17 bits per heavy atom. The minimum absolute atomic E-state index is 0.0654. The Kier molecular flexibility index (Phi) is 4.47. The van der Waals surface area contributed by atoms with Gasteiger partial charge in [0, 0.05) is 9.86 Å². The van der Waals surface area contributed by atoms with Gasteiger partial charge in [0.1, 0.15) is 10.6 Å². The molecule has 1 N–H and O–H groups in total. The number of nitrogens with zero attached hydrogens (tertiary/aromatic N) is 1. The van der Waals surface area contributed by atoms with Crippen LogP contribution in [-0.4, -0.2) is 20.5 Å². The van der Waals surface area contributed by atoms with E-state index < -0.39 is 10.0 Å². The molecule has 2 aromatic carbocycles.